The molecular formula is C15H15BrFNO. The molecule has 1 N–H and O–H groups in total. The highest BCUT2D eigenvalue weighted by molar-refractivity contribution is 9.10. The summed E-state index contributed by atoms with van der Waals surface area (Å²) in [5.41, 5.74) is 1.84. The highest BCUT2D eigenvalue weighted by Crippen LogP contribution is 2.31. The second-order valence-corrected chi connectivity index (χ2v) is 4.99. The molecule has 1 unspecified atom stereocenters. The highest BCUT2D eigenvalue weighted by Gasteiger charge is 2.17. The summed E-state index contributed by atoms with van der Waals surface area (Å²) in [6.07, 6.45) is 0. The molecule has 0 aliphatic rings. The van der Waals surface area contributed by atoms with Crippen LogP contribution in [0.5, 0.6) is 5.75 Å². The van der Waals surface area contributed by atoms with Crippen molar-refractivity contribution in [3.8, 4) is 5.75 Å². The van der Waals surface area contributed by atoms with E-state index >= 15 is 0 Å². The van der Waals surface area contributed by atoms with E-state index in [1.54, 1.807) is 13.2 Å². The Kier molecular flexibility index (Phi) is 4.56. The van der Waals surface area contributed by atoms with Crippen molar-refractivity contribution in [2.24, 2.45) is 0 Å². The minimum atomic E-state index is -0.271. The highest BCUT2D eigenvalue weighted by atomic mass is 79.9. The van der Waals surface area contributed by atoms with E-state index in [2.05, 4.69) is 21.2 Å². The Hall–Kier alpha value is -1.39. The fourth-order valence-corrected chi connectivity index (χ4v) is 2.35. The van der Waals surface area contributed by atoms with Crippen LogP contribution in [0.3, 0.4) is 0 Å². The first-order chi connectivity index (χ1) is 9.17. The summed E-state index contributed by atoms with van der Waals surface area (Å²) in [6.45, 7) is 0. The number of benzene rings is 2. The topological polar surface area (TPSA) is 21.3 Å². The number of hydrogen-bond donors (Lipinski definition) is 1. The van der Waals surface area contributed by atoms with Crippen molar-refractivity contribution in [3.05, 3.63) is 63.9 Å². The van der Waals surface area contributed by atoms with E-state index in [0.29, 0.717) is 4.47 Å². The van der Waals surface area contributed by atoms with Crippen molar-refractivity contribution >= 4 is 15.9 Å². The minimum Gasteiger partial charge on any atom is -0.496 e. The average Bonchev–Trinajstić information content (AvgIpc) is 2.44. The molecule has 0 aromatic heterocycles. The monoisotopic (exact) mass is 323 g/mol. The van der Waals surface area contributed by atoms with Crippen molar-refractivity contribution in [1.82, 2.24) is 5.32 Å². The molecule has 0 aliphatic heterocycles. The zero-order valence-corrected chi connectivity index (χ0v) is 12.4. The van der Waals surface area contributed by atoms with Crippen molar-refractivity contribution < 1.29 is 9.13 Å². The third kappa shape index (κ3) is 2.96. The zero-order valence-electron chi connectivity index (χ0n) is 10.8. The van der Waals surface area contributed by atoms with Crippen LogP contribution in [0.15, 0.2) is 46.9 Å². The zero-order chi connectivity index (χ0) is 13.8. The lowest BCUT2D eigenvalue weighted by Gasteiger charge is -2.20. The number of para-hydroxylation sites is 1. The standard InChI is InChI=1S/C15H15BrFNO/c1-18-15(10-7-8-12(16)13(17)9-10)11-5-3-4-6-14(11)19-2/h3-9,15,18H,1-2H3. The molecule has 2 aromatic rings. The number of hydrogen-bond acceptors (Lipinski definition) is 2. The van der Waals surface area contributed by atoms with Gasteiger partial charge >= 0.3 is 0 Å². The van der Waals surface area contributed by atoms with Gasteiger partial charge in [0.15, 0.2) is 0 Å². The molecule has 0 aliphatic carbocycles. The van der Waals surface area contributed by atoms with Gasteiger partial charge in [-0.1, -0.05) is 24.3 Å². The fourth-order valence-electron chi connectivity index (χ4n) is 2.10. The van der Waals surface area contributed by atoms with Gasteiger partial charge < -0.3 is 10.1 Å². The maximum absolute atomic E-state index is 13.7. The Bertz CT molecular complexity index is 574. The van der Waals surface area contributed by atoms with E-state index in [4.69, 9.17) is 4.74 Å². The lowest BCUT2D eigenvalue weighted by Crippen LogP contribution is -2.18. The SMILES string of the molecule is CNC(c1ccc(Br)c(F)c1)c1ccccc1OC. The van der Waals surface area contributed by atoms with E-state index < -0.39 is 0 Å². The second kappa shape index (κ2) is 6.17. The maximum atomic E-state index is 13.7. The molecule has 1 atom stereocenters. The van der Waals surface area contributed by atoms with Gasteiger partial charge in [-0.3, -0.25) is 0 Å². The van der Waals surface area contributed by atoms with Crippen molar-refractivity contribution in [2.45, 2.75) is 6.04 Å². The Morgan fingerprint density at radius 2 is 1.95 bits per heavy atom. The summed E-state index contributed by atoms with van der Waals surface area (Å²) >= 11 is 3.16. The predicted octanol–water partition coefficient (Wildman–Crippen LogP) is 3.91. The van der Waals surface area contributed by atoms with Crippen LogP contribution in [-0.4, -0.2) is 14.2 Å². The third-order valence-electron chi connectivity index (χ3n) is 3.02. The molecule has 19 heavy (non-hydrogen) atoms. The molecule has 0 saturated heterocycles. The number of ether oxygens (including phenoxy) is 1. The summed E-state index contributed by atoms with van der Waals surface area (Å²) < 4.78 is 19.5. The van der Waals surface area contributed by atoms with E-state index in [-0.39, 0.29) is 11.9 Å². The van der Waals surface area contributed by atoms with Crippen LogP contribution in [0, 0.1) is 5.82 Å². The molecule has 4 heteroatoms. The molecule has 2 rings (SSSR count). The largest absolute Gasteiger partial charge is 0.496 e. The van der Waals surface area contributed by atoms with E-state index in [0.717, 1.165) is 16.9 Å². The van der Waals surface area contributed by atoms with E-state index in [1.807, 2.05) is 37.4 Å². The van der Waals surface area contributed by atoms with Crippen LogP contribution in [-0.2, 0) is 0 Å². The van der Waals surface area contributed by atoms with Crippen LogP contribution in [0.2, 0.25) is 0 Å². The molecule has 0 radical (unpaired) electrons. The summed E-state index contributed by atoms with van der Waals surface area (Å²) in [4.78, 5) is 0. The Morgan fingerprint density at radius 3 is 2.58 bits per heavy atom. The first-order valence-electron chi connectivity index (χ1n) is 5.92. The van der Waals surface area contributed by atoms with E-state index in [1.165, 1.54) is 6.07 Å². The molecule has 0 saturated carbocycles. The molecule has 0 amide bonds. The number of nitrogens with one attached hydrogen (secondary N) is 1. The normalized spacial score (nSPS) is 12.2. The van der Waals surface area contributed by atoms with Crippen LogP contribution in [0.25, 0.3) is 0 Å². The number of halogens is 2. The third-order valence-corrected chi connectivity index (χ3v) is 3.66. The summed E-state index contributed by atoms with van der Waals surface area (Å²) in [6, 6.07) is 12.7. The van der Waals surface area contributed by atoms with Gasteiger partial charge in [0.1, 0.15) is 11.6 Å². The maximum Gasteiger partial charge on any atom is 0.137 e. The van der Waals surface area contributed by atoms with E-state index in [9.17, 15) is 4.39 Å². The molecule has 2 nitrogen and oxygen atoms in total. The average molecular weight is 324 g/mol. The van der Waals surface area contributed by atoms with Crippen LogP contribution in [0.1, 0.15) is 17.2 Å². The summed E-state index contributed by atoms with van der Waals surface area (Å²) in [7, 11) is 3.48. The molecule has 100 valence electrons. The lowest BCUT2D eigenvalue weighted by molar-refractivity contribution is 0.405. The second-order valence-electron chi connectivity index (χ2n) is 4.14. The predicted molar refractivity (Wildman–Crippen MR) is 78.0 cm³/mol. The summed E-state index contributed by atoms with van der Waals surface area (Å²) in [5.74, 6) is 0.512. The van der Waals surface area contributed by atoms with Crippen LogP contribution < -0.4 is 10.1 Å². The smallest absolute Gasteiger partial charge is 0.137 e. The quantitative estimate of drug-likeness (QED) is 0.921. The number of rotatable bonds is 4. The number of methoxy groups -OCH3 is 1. The molecular weight excluding hydrogens is 309 g/mol. The van der Waals surface area contributed by atoms with Gasteiger partial charge in [0, 0.05) is 5.56 Å². The van der Waals surface area contributed by atoms with Crippen LogP contribution in [0.4, 0.5) is 4.39 Å². The van der Waals surface area contributed by atoms with Crippen molar-refractivity contribution in [1.29, 1.82) is 0 Å². The Morgan fingerprint density at radius 1 is 1.21 bits per heavy atom. The molecule has 0 fully saturated rings. The van der Waals surface area contributed by atoms with Gasteiger partial charge in [-0.15, -0.1) is 0 Å². The van der Waals surface area contributed by atoms with Crippen LogP contribution >= 0.6 is 15.9 Å². The Labute approximate surface area is 120 Å². The molecule has 2 aromatic carbocycles. The van der Waals surface area contributed by atoms with Gasteiger partial charge in [-0.05, 0) is 46.7 Å². The lowest BCUT2D eigenvalue weighted by atomic mass is 9.98. The molecule has 0 bridgehead atoms. The fraction of sp³-hybridized carbons (Fsp3) is 0.200. The summed E-state index contributed by atoms with van der Waals surface area (Å²) in [5, 5.41) is 3.19. The van der Waals surface area contributed by atoms with Gasteiger partial charge in [0.05, 0.1) is 17.6 Å². The van der Waals surface area contributed by atoms with Gasteiger partial charge in [0.2, 0.25) is 0 Å². The molecule has 0 spiro atoms. The van der Waals surface area contributed by atoms with Gasteiger partial charge in [-0.2, -0.15) is 0 Å². The molecule has 0 heterocycles. The first-order valence-corrected chi connectivity index (χ1v) is 6.71. The van der Waals surface area contributed by atoms with Crippen molar-refractivity contribution in [2.75, 3.05) is 14.2 Å². The Balaban J connectivity index is 2.46. The van der Waals surface area contributed by atoms with Gasteiger partial charge in [-0.25, -0.2) is 4.39 Å². The first kappa shape index (κ1) is 14.0. The van der Waals surface area contributed by atoms with Crippen molar-refractivity contribution in [3.63, 3.8) is 0 Å². The van der Waals surface area contributed by atoms with Gasteiger partial charge in [0.25, 0.3) is 0 Å². The minimum absolute atomic E-state index is 0.112.